The summed E-state index contributed by atoms with van der Waals surface area (Å²) in [7, 11) is 0. The predicted octanol–water partition coefficient (Wildman–Crippen LogP) is 0.902. The quantitative estimate of drug-likeness (QED) is 0.804. The minimum absolute atomic E-state index is 0.0628. The number of morpholine rings is 1. The zero-order valence-electron chi connectivity index (χ0n) is 14.1. The van der Waals surface area contributed by atoms with Crippen LogP contribution in [-0.2, 0) is 16.1 Å². The van der Waals surface area contributed by atoms with Gasteiger partial charge in [0.2, 0.25) is 5.91 Å². The number of nitrogens with zero attached hydrogens (tertiary/aromatic N) is 4. The van der Waals surface area contributed by atoms with Gasteiger partial charge in [0.1, 0.15) is 18.2 Å². The zero-order valence-corrected chi connectivity index (χ0v) is 14.1. The monoisotopic (exact) mass is 330 g/mol. The van der Waals surface area contributed by atoms with E-state index in [-0.39, 0.29) is 30.2 Å². The van der Waals surface area contributed by atoms with Gasteiger partial charge in [-0.2, -0.15) is 10.4 Å². The second-order valence-electron chi connectivity index (χ2n) is 6.51. The molecule has 0 aromatic carbocycles. The van der Waals surface area contributed by atoms with Crippen LogP contribution in [-0.4, -0.2) is 45.9 Å². The van der Waals surface area contributed by atoms with Crippen LogP contribution in [0.4, 0.5) is 0 Å². The summed E-state index contributed by atoms with van der Waals surface area (Å²) >= 11 is 0. The molecule has 0 N–H and O–H groups in total. The molecule has 0 radical (unpaired) electrons. The fourth-order valence-electron chi connectivity index (χ4n) is 3.64. The minimum Gasteiger partial charge on any atom is -0.374 e. The number of ether oxygens (including phenoxy) is 1. The Hall–Kier alpha value is -2.20. The van der Waals surface area contributed by atoms with Crippen LogP contribution in [0.15, 0.2) is 4.79 Å². The van der Waals surface area contributed by atoms with Gasteiger partial charge in [-0.3, -0.25) is 9.59 Å². The van der Waals surface area contributed by atoms with Crippen LogP contribution in [0.5, 0.6) is 0 Å². The highest BCUT2D eigenvalue weighted by Crippen LogP contribution is 2.28. The van der Waals surface area contributed by atoms with Crippen molar-refractivity contribution in [1.82, 2.24) is 14.7 Å². The summed E-state index contributed by atoms with van der Waals surface area (Å²) in [6, 6.07) is 2.02. The van der Waals surface area contributed by atoms with Crippen molar-refractivity contribution in [2.45, 2.75) is 58.2 Å². The van der Waals surface area contributed by atoms with E-state index >= 15 is 0 Å². The summed E-state index contributed by atoms with van der Waals surface area (Å²) in [5.41, 5.74) is 0.733. The number of nitriles is 1. The number of aryl methyl sites for hydroxylation is 1. The van der Waals surface area contributed by atoms with Crippen LogP contribution in [0.1, 0.15) is 42.5 Å². The average Bonchev–Trinajstić information content (AvgIpc) is 2.59. The molecule has 1 aliphatic carbocycles. The first-order valence-electron chi connectivity index (χ1n) is 8.42. The first-order chi connectivity index (χ1) is 11.5. The Labute approximate surface area is 140 Å². The summed E-state index contributed by atoms with van der Waals surface area (Å²) in [6.45, 7) is 4.39. The summed E-state index contributed by atoms with van der Waals surface area (Å²) in [5.74, 6) is -0.128. The number of amides is 1. The minimum atomic E-state index is -0.498. The van der Waals surface area contributed by atoms with E-state index in [0.717, 1.165) is 30.4 Å². The molecule has 7 nitrogen and oxygen atoms in total. The molecular weight excluding hydrogens is 308 g/mol. The maximum atomic E-state index is 12.8. The highest BCUT2D eigenvalue weighted by atomic mass is 16.5. The molecule has 0 bridgehead atoms. The number of aromatic nitrogens is 2. The Morgan fingerprint density at radius 1 is 1.38 bits per heavy atom. The molecule has 1 aliphatic heterocycles. The van der Waals surface area contributed by atoms with Crippen molar-refractivity contribution in [3.05, 3.63) is 27.2 Å². The molecular formula is C17H22N4O3. The van der Waals surface area contributed by atoms with Crippen LogP contribution >= 0.6 is 0 Å². The van der Waals surface area contributed by atoms with Gasteiger partial charge in [-0.25, -0.2) is 4.68 Å². The van der Waals surface area contributed by atoms with E-state index in [1.165, 1.54) is 0 Å². The molecule has 2 fully saturated rings. The molecule has 0 spiro atoms. The lowest BCUT2D eigenvalue weighted by atomic mass is 9.90. The molecule has 1 aromatic rings. The Kier molecular flexibility index (Phi) is 4.67. The first-order valence-corrected chi connectivity index (χ1v) is 8.42. The summed E-state index contributed by atoms with van der Waals surface area (Å²) < 4.78 is 6.91. The molecule has 2 atom stereocenters. The Bertz CT molecular complexity index is 747. The molecule has 1 aromatic heterocycles. The molecule has 2 heterocycles. The summed E-state index contributed by atoms with van der Waals surface area (Å²) in [4.78, 5) is 27.0. The van der Waals surface area contributed by atoms with E-state index < -0.39 is 5.56 Å². The highest BCUT2D eigenvalue weighted by Gasteiger charge is 2.36. The van der Waals surface area contributed by atoms with E-state index in [1.807, 2.05) is 11.0 Å². The third-order valence-electron chi connectivity index (χ3n) is 5.09. The topological polar surface area (TPSA) is 88.2 Å². The molecule has 1 saturated carbocycles. The average molecular weight is 330 g/mol. The van der Waals surface area contributed by atoms with Gasteiger partial charge in [0.25, 0.3) is 5.56 Å². The second-order valence-corrected chi connectivity index (χ2v) is 6.51. The van der Waals surface area contributed by atoms with Gasteiger partial charge < -0.3 is 9.64 Å². The molecule has 3 rings (SSSR count). The zero-order chi connectivity index (χ0) is 17.3. The summed E-state index contributed by atoms with van der Waals surface area (Å²) in [6.07, 6.45) is 4.25. The number of carbonyl (C=O) groups is 1. The van der Waals surface area contributed by atoms with Crippen molar-refractivity contribution < 1.29 is 9.53 Å². The van der Waals surface area contributed by atoms with Gasteiger partial charge in [0.15, 0.2) is 0 Å². The molecule has 1 saturated heterocycles. The Balaban J connectivity index is 1.84. The molecule has 2 aliphatic rings. The Morgan fingerprint density at radius 3 is 2.88 bits per heavy atom. The van der Waals surface area contributed by atoms with Crippen LogP contribution in [0.25, 0.3) is 0 Å². The number of hydrogen-bond acceptors (Lipinski definition) is 5. The van der Waals surface area contributed by atoms with Gasteiger partial charge in [-0.05, 0) is 32.3 Å². The van der Waals surface area contributed by atoms with Crippen molar-refractivity contribution in [1.29, 1.82) is 5.26 Å². The van der Waals surface area contributed by atoms with Crippen LogP contribution in [0, 0.1) is 25.2 Å². The van der Waals surface area contributed by atoms with Crippen molar-refractivity contribution >= 4 is 5.91 Å². The smallest absolute Gasteiger partial charge is 0.285 e. The lowest BCUT2D eigenvalue weighted by Crippen LogP contribution is -2.56. The van der Waals surface area contributed by atoms with E-state index in [4.69, 9.17) is 4.74 Å². The third kappa shape index (κ3) is 2.94. The maximum Gasteiger partial charge on any atom is 0.285 e. The van der Waals surface area contributed by atoms with Crippen molar-refractivity contribution in [2.75, 3.05) is 13.2 Å². The molecule has 0 unspecified atom stereocenters. The predicted molar refractivity (Wildman–Crippen MR) is 86.4 cm³/mol. The molecule has 1 amide bonds. The summed E-state index contributed by atoms with van der Waals surface area (Å²) in [5, 5.41) is 13.4. The Morgan fingerprint density at radius 2 is 2.12 bits per heavy atom. The van der Waals surface area contributed by atoms with Crippen LogP contribution in [0.2, 0.25) is 0 Å². The van der Waals surface area contributed by atoms with E-state index in [0.29, 0.717) is 24.4 Å². The van der Waals surface area contributed by atoms with Crippen molar-refractivity contribution in [2.24, 2.45) is 0 Å². The highest BCUT2D eigenvalue weighted by molar-refractivity contribution is 5.76. The van der Waals surface area contributed by atoms with Crippen molar-refractivity contribution in [3.8, 4) is 6.07 Å². The van der Waals surface area contributed by atoms with E-state index in [1.54, 1.807) is 13.8 Å². The molecule has 24 heavy (non-hydrogen) atoms. The normalized spacial score (nSPS) is 23.5. The van der Waals surface area contributed by atoms with Gasteiger partial charge in [0, 0.05) is 6.54 Å². The number of rotatable bonds is 2. The molecule has 128 valence electrons. The van der Waals surface area contributed by atoms with E-state index in [9.17, 15) is 14.9 Å². The largest absolute Gasteiger partial charge is 0.374 e. The number of fused-ring (bicyclic) bond motifs is 1. The van der Waals surface area contributed by atoms with E-state index in [2.05, 4.69) is 5.10 Å². The SMILES string of the molecule is Cc1nn(CC(=O)N2CCO[C@@H]3CCCC[C@@H]32)c(=O)c(C#N)c1C. The number of carbonyl (C=O) groups excluding carboxylic acids is 1. The fraction of sp³-hybridized carbons (Fsp3) is 0.647. The van der Waals surface area contributed by atoms with Crippen LogP contribution in [0.3, 0.4) is 0 Å². The van der Waals surface area contributed by atoms with Crippen LogP contribution < -0.4 is 5.56 Å². The fourth-order valence-corrected chi connectivity index (χ4v) is 3.64. The lowest BCUT2D eigenvalue weighted by molar-refractivity contribution is -0.150. The lowest BCUT2D eigenvalue weighted by Gasteiger charge is -2.43. The molecule has 7 heteroatoms. The standard InChI is InChI=1S/C17H22N4O3/c1-11-12(2)19-21(17(23)13(11)9-18)10-16(22)20-7-8-24-15-6-4-3-5-14(15)20/h14-15H,3-8,10H2,1-2H3/t14-,15+/m0/s1. The number of hydrogen-bond donors (Lipinski definition) is 0. The van der Waals surface area contributed by atoms with Gasteiger partial charge in [-0.15, -0.1) is 0 Å². The maximum absolute atomic E-state index is 12.8. The van der Waals surface area contributed by atoms with Gasteiger partial charge in [0.05, 0.1) is 24.4 Å². The van der Waals surface area contributed by atoms with Gasteiger partial charge >= 0.3 is 0 Å². The second kappa shape index (κ2) is 6.73. The van der Waals surface area contributed by atoms with Crippen molar-refractivity contribution in [3.63, 3.8) is 0 Å². The first kappa shape index (κ1) is 16.7. The third-order valence-corrected chi connectivity index (χ3v) is 5.09. The van der Waals surface area contributed by atoms with Gasteiger partial charge in [-0.1, -0.05) is 12.8 Å².